The van der Waals surface area contributed by atoms with Crippen LogP contribution in [0, 0.1) is 0 Å². The number of fused-ring (bicyclic) bond motifs is 1. The van der Waals surface area contributed by atoms with Crippen molar-refractivity contribution in [1.82, 2.24) is 25.3 Å². The minimum absolute atomic E-state index is 0.202. The van der Waals surface area contributed by atoms with Crippen molar-refractivity contribution in [3.8, 4) is 11.3 Å². The molecule has 3 aromatic rings. The van der Waals surface area contributed by atoms with E-state index in [1.54, 1.807) is 12.1 Å². The van der Waals surface area contributed by atoms with E-state index >= 15 is 0 Å². The first-order chi connectivity index (χ1) is 12.4. The number of nitrogens with zero attached hydrogens (tertiary/aromatic N) is 2. The molecule has 1 fully saturated rings. The van der Waals surface area contributed by atoms with Gasteiger partial charge in [0.05, 0.1) is 23.6 Å². The van der Waals surface area contributed by atoms with Gasteiger partial charge in [0.2, 0.25) is 0 Å². The molecule has 4 heterocycles. The molecule has 0 radical (unpaired) electrons. The number of hydrogen-bond acceptors (Lipinski definition) is 5. The number of morpholine rings is 1. The van der Waals surface area contributed by atoms with Gasteiger partial charge < -0.3 is 20.0 Å². The quantitative estimate of drug-likeness (QED) is 0.646. The number of aromatic nitrogens is 4. The van der Waals surface area contributed by atoms with Crippen LogP contribution in [0.15, 0.2) is 29.3 Å². The first-order valence-corrected chi connectivity index (χ1v) is 7.91. The van der Waals surface area contributed by atoms with Crippen molar-refractivity contribution < 1.29 is 17.9 Å². The molecule has 26 heavy (non-hydrogen) atoms. The van der Waals surface area contributed by atoms with E-state index < -0.39 is 17.4 Å². The average molecular weight is 365 g/mol. The number of halogens is 3. The molecule has 1 unspecified atom stereocenters. The summed E-state index contributed by atoms with van der Waals surface area (Å²) in [7, 11) is 0. The average Bonchev–Trinajstić information content (AvgIpc) is 3.04. The molecule has 3 aromatic heterocycles. The Balaban J connectivity index is 1.81. The molecule has 0 bridgehead atoms. The first-order valence-electron chi connectivity index (χ1n) is 7.91. The topological polar surface area (TPSA) is 95.7 Å². The van der Waals surface area contributed by atoms with E-state index in [9.17, 15) is 18.0 Å². The summed E-state index contributed by atoms with van der Waals surface area (Å²) in [5, 5.41) is 3.66. The number of alkyl halides is 3. The third-order valence-corrected chi connectivity index (χ3v) is 4.20. The molecular formula is C16H14F3N5O2. The van der Waals surface area contributed by atoms with Crippen LogP contribution >= 0.6 is 0 Å². The number of rotatable bonds is 2. The van der Waals surface area contributed by atoms with Gasteiger partial charge in [0, 0.05) is 36.4 Å². The predicted molar refractivity (Wildman–Crippen MR) is 86.5 cm³/mol. The second kappa shape index (κ2) is 6.22. The van der Waals surface area contributed by atoms with Gasteiger partial charge in [0.15, 0.2) is 0 Å². The highest BCUT2D eigenvalue weighted by Gasteiger charge is 2.35. The number of ether oxygens (including phenoxy) is 1. The van der Waals surface area contributed by atoms with Gasteiger partial charge in [-0.1, -0.05) is 0 Å². The molecular weight excluding hydrogens is 351 g/mol. The van der Waals surface area contributed by atoms with Gasteiger partial charge in [-0.25, -0.2) is 14.8 Å². The third-order valence-electron chi connectivity index (χ3n) is 4.20. The van der Waals surface area contributed by atoms with Gasteiger partial charge in [-0.05, 0) is 12.1 Å². The number of aromatic amines is 2. The molecule has 1 saturated heterocycles. The van der Waals surface area contributed by atoms with Crippen molar-refractivity contribution in [1.29, 1.82) is 0 Å². The summed E-state index contributed by atoms with van der Waals surface area (Å²) < 4.78 is 45.4. The zero-order valence-electron chi connectivity index (χ0n) is 13.4. The van der Waals surface area contributed by atoms with Gasteiger partial charge in [-0.15, -0.1) is 0 Å². The summed E-state index contributed by atoms with van der Waals surface area (Å²) in [4.78, 5) is 24.2. The van der Waals surface area contributed by atoms with Crippen molar-refractivity contribution in [2.24, 2.45) is 0 Å². The molecule has 136 valence electrons. The number of pyridine rings is 1. The Labute approximate surface area is 144 Å². The molecule has 1 aliphatic rings. The summed E-state index contributed by atoms with van der Waals surface area (Å²) in [6.45, 7) is 1.94. The fourth-order valence-corrected chi connectivity index (χ4v) is 2.98. The first kappa shape index (κ1) is 16.7. The Morgan fingerprint density at radius 3 is 2.85 bits per heavy atom. The molecule has 7 nitrogen and oxygen atoms in total. The normalized spacial score (nSPS) is 18.3. The van der Waals surface area contributed by atoms with E-state index in [0.717, 1.165) is 6.54 Å². The van der Waals surface area contributed by atoms with E-state index in [1.807, 2.05) is 0 Å². The van der Waals surface area contributed by atoms with Crippen molar-refractivity contribution >= 4 is 11.0 Å². The van der Waals surface area contributed by atoms with Crippen molar-refractivity contribution in [3.63, 3.8) is 0 Å². The van der Waals surface area contributed by atoms with Gasteiger partial charge >= 0.3 is 11.9 Å². The Morgan fingerprint density at radius 2 is 2.12 bits per heavy atom. The zero-order chi connectivity index (χ0) is 18.3. The highest BCUT2D eigenvalue weighted by Crippen LogP contribution is 2.37. The largest absolute Gasteiger partial charge is 0.419 e. The Bertz CT molecular complexity index is 1010. The van der Waals surface area contributed by atoms with Crippen LogP contribution < -0.4 is 11.0 Å². The van der Waals surface area contributed by atoms with Gasteiger partial charge in [-0.2, -0.15) is 13.2 Å². The molecule has 0 aromatic carbocycles. The molecule has 3 N–H and O–H groups in total. The fourth-order valence-electron chi connectivity index (χ4n) is 2.98. The third kappa shape index (κ3) is 2.97. The van der Waals surface area contributed by atoms with Crippen LogP contribution in [0.3, 0.4) is 0 Å². The summed E-state index contributed by atoms with van der Waals surface area (Å²) in [6, 6.07) is 3.38. The van der Waals surface area contributed by atoms with Crippen LogP contribution in [0.2, 0.25) is 0 Å². The van der Waals surface area contributed by atoms with Crippen LogP contribution in [0.1, 0.15) is 17.4 Å². The van der Waals surface area contributed by atoms with Gasteiger partial charge in [-0.3, -0.25) is 0 Å². The highest BCUT2D eigenvalue weighted by molar-refractivity contribution is 5.93. The zero-order valence-corrected chi connectivity index (χ0v) is 13.4. The van der Waals surface area contributed by atoms with Gasteiger partial charge in [0.1, 0.15) is 11.8 Å². The van der Waals surface area contributed by atoms with E-state index in [-0.39, 0.29) is 17.4 Å². The van der Waals surface area contributed by atoms with Crippen molar-refractivity contribution in [2.45, 2.75) is 12.3 Å². The smallest absolute Gasteiger partial charge is 0.369 e. The summed E-state index contributed by atoms with van der Waals surface area (Å²) in [5.74, 6) is 0. The molecule has 1 atom stereocenters. The SMILES string of the molecule is O=c1ncc(C(F)(F)F)c(-c2c[nH]c3nc(C4CNCCO4)ccc23)[nH]1. The molecule has 0 aliphatic carbocycles. The standard InChI is InChI=1S/C16H14F3N5O2/c17-16(18,19)10-6-22-15(25)24-13(10)9-5-21-14-8(9)1-2-11(23-14)12-7-20-3-4-26-12/h1-2,5-6,12,20H,3-4,7H2,(H,21,23)(H,22,24,25). The van der Waals surface area contributed by atoms with E-state index in [0.29, 0.717) is 36.1 Å². The monoisotopic (exact) mass is 365 g/mol. The fraction of sp³-hybridized carbons (Fsp3) is 0.312. The summed E-state index contributed by atoms with van der Waals surface area (Å²) in [6.07, 6.45) is -2.94. The van der Waals surface area contributed by atoms with E-state index in [1.165, 1.54) is 6.20 Å². The lowest BCUT2D eigenvalue weighted by Crippen LogP contribution is -2.33. The predicted octanol–water partition coefficient (Wildman–Crippen LogP) is 1.99. The maximum absolute atomic E-state index is 13.3. The number of hydrogen-bond donors (Lipinski definition) is 3. The molecule has 0 amide bonds. The summed E-state index contributed by atoms with van der Waals surface area (Å²) >= 11 is 0. The van der Waals surface area contributed by atoms with Crippen molar-refractivity contribution in [3.05, 3.63) is 46.3 Å². The maximum Gasteiger partial charge on any atom is 0.419 e. The van der Waals surface area contributed by atoms with Crippen LogP contribution in [-0.4, -0.2) is 39.6 Å². The van der Waals surface area contributed by atoms with E-state index in [2.05, 4.69) is 25.3 Å². The summed E-state index contributed by atoms with van der Waals surface area (Å²) in [5.41, 5.74) is -0.909. The molecule has 0 saturated carbocycles. The Hall–Kier alpha value is -2.72. The second-order valence-corrected chi connectivity index (χ2v) is 5.87. The molecule has 1 aliphatic heterocycles. The van der Waals surface area contributed by atoms with Gasteiger partial charge in [0.25, 0.3) is 0 Å². The van der Waals surface area contributed by atoms with Crippen LogP contribution in [-0.2, 0) is 10.9 Å². The molecule has 10 heteroatoms. The highest BCUT2D eigenvalue weighted by atomic mass is 19.4. The molecule has 4 rings (SSSR count). The van der Waals surface area contributed by atoms with E-state index in [4.69, 9.17) is 4.74 Å². The minimum atomic E-state index is -4.65. The number of nitrogens with one attached hydrogen (secondary N) is 3. The molecule has 0 spiro atoms. The number of H-pyrrole nitrogens is 2. The lowest BCUT2D eigenvalue weighted by atomic mass is 10.1. The lowest BCUT2D eigenvalue weighted by Gasteiger charge is -2.23. The van der Waals surface area contributed by atoms with Crippen molar-refractivity contribution in [2.75, 3.05) is 19.7 Å². The maximum atomic E-state index is 13.3. The van der Waals surface area contributed by atoms with Crippen LogP contribution in [0.5, 0.6) is 0 Å². The van der Waals surface area contributed by atoms with Crippen LogP contribution in [0.4, 0.5) is 13.2 Å². The Morgan fingerprint density at radius 1 is 1.27 bits per heavy atom. The lowest BCUT2D eigenvalue weighted by molar-refractivity contribution is -0.137. The minimum Gasteiger partial charge on any atom is -0.369 e. The second-order valence-electron chi connectivity index (χ2n) is 5.87. The van der Waals surface area contributed by atoms with Crippen LogP contribution in [0.25, 0.3) is 22.3 Å². The Kier molecular flexibility index (Phi) is 4.00.